The molecule has 3 unspecified atom stereocenters. The number of nitrogens with two attached hydrogens (primary N) is 1. The molecule has 4 atom stereocenters. The lowest BCUT2D eigenvalue weighted by Crippen LogP contribution is -2.55. The fraction of sp³-hybridized carbons (Fsp3) is 0.423. The van der Waals surface area contributed by atoms with Gasteiger partial charge in [-0.05, 0) is 48.6 Å². The largest absolute Gasteiger partial charge is 0.471 e. The third-order valence-corrected chi connectivity index (χ3v) is 7.94. The topological polar surface area (TPSA) is 102 Å². The van der Waals surface area contributed by atoms with Gasteiger partial charge in [-0.3, -0.25) is 14.4 Å². The molecule has 2 aromatic carbocycles. The van der Waals surface area contributed by atoms with Gasteiger partial charge >= 0.3 is 18.3 Å². The number of nitrogens with zero attached hydrogens (tertiary/aromatic N) is 1. The summed E-state index contributed by atoms with van der Waals surface area (Å²) in [6.07, 6.45) is -9.73. The predicted molar refractivity (Wildman–Crippen MR) is 124 cm³/mol. The average molecular weight is 573 g/mol. The van der Waals surface area contributed by atoms with Crippen molar-refractivity contribution in [2.75, 3.05) is 18.5 Å². The number of fused-ring (bicyclic) bond motifs is 1. The third kappa shape index (κ3) is 4.57. The Balaban J connectivity index is 1.59. The summed E-state index contributed by atoms with van der Waals surface area (Å²) in [5.74, 6) is -7.04. The molecule has 3 aliphatic rings. The van der Waals surface area contributed by atoms with Gasteiger partial charge in [0.1, 0.15) is 11.9 Å². The second-order valence-corrected chi connectivity index (χ2v) is 10.2. The summed E-state index contributed by atoms with van der Waals surface area (Å²) in [6.45, 7) is 0.224. The SMILES string of the molecule is NC(=O)C1CC2CC2([C@@H](c2ccc(C(F)(F)F)cc2F)C2COC2)N1C(=O)c1ccccc1NC(=O)C(F)(F)F. The number of hydrogen-bond donors (Lipinski definition) is 2. The van der Waals surface area contributed by atoms with Gasteiger partial charge in [-0.1, -0.05) is 18.2 Å². The zero-order valence-electron chi connectivity index (χ0n) is 20.5. The van der Waals surface area contributed by atoms with Gasteiger partial charge in [-0.25, -0.2) is 4.39 Å². The second-order valence-electron chi connectivity index (χ2n) is 10.2. The first-order valence-corrected chi connectivity index (χ1v) is 12.2. The first kappa shape index (κ1) is 27.9. The Morgan fingerprint density at radius 2 is 1.73 bits per heavy atom. The maximum absolute atomic E-state index is 15.3. The van der Waals surface area contributed by atoms with Crippen molar-refractivity contribution >= 4 is 23.4 Å². The van der Waals surface area contributed by atoms with E-state index >= 15 is 4.39 Å². The van der Waals surface area contributed by atoms with Crippen molar-refractivity contribution in [2.45, 2.75) is 42.7 Å². The van der Waals surface area contributed by atoms with Crippen LogP contribution in [0, 0.1) is 17.7 Å². The molecule has 0 spiro atoms. The molecule has 7 nitrogen and oxygen atoms in total. The molecule has 3 N–H and O–H groups in total. The van der Waals surface area contributed by atoms with Gasteiger partial charge in [-0.15, -0.1) is 0 Å². The highest BCUT2D eigenvalue weighted by atomic mass is 19.4. The monoisotopic (exact) mass is 573 g/mol. The maximum Gasteiger partial charge on any atom is 0.471 e. The van der Waals surface area contributed by atoms with Crippen LogP contribution in [-0.2, 0) is 20.5 Å². The van der Waals surface area contributed by atoms with Gasteiger partial charge in [0.2, 0.25) is 5.91 Å². The van der Waals surface area contributed by atoms with Gasteiger partial charge in [0.15, 0.2) is 0 Å². The molecule has 2 saturated heterocycles. The van der Waals surface area contributed by atoms with Crippen molar-refractivity contribution < 1.29 is 49.9 Å². The smallest absolute Gasteiger partial charge is 0.381 e. The first-order chi connectivity index (χ1) is 18.7. The fourth-order valence-corrected chi connectivity index (χ4v) is 6.12. The summed E-state index contributed by atoms with van der Waals surface area (Å²) in [5, 5.41) is 1.66. The van der Waals surface area contributed by atoms with E-state index in [0.717, 1.165) is 29.2 Å². The number of benzene rings is 2. The lowest BCUT2D eigenvalue weighted by Gasteiger charge is -2.44. The number of carbonyl (C=O) groups excluding carboxylic acids is 3. The normalized spacial score (nSPS) is 25.1. The third-order valence-electron chi connectivity index (χ3n) is 7.94. The molecule has 3 amide bonds. The van der Waals surface area contributed by atoms with E-state index in [1.54, 1.807) is 5.32 Å². The van der Waals surface area contributed by atoms with Crippen molar-refractivity contribution in [1.29, 1.82) is 0 Å². The lowest BCUT2D eigenvalue weighted by molar-refractivity contribution is -0.167. The van der Waals surface area contributed by atoms with Crippen LogP contribution in [0.4, 0.5) is 36.4 Å². The van der Waals surface area contributed by atoms with E-state index in [1.807, 2.05) is 0 Å². The Kier molecular flexibility index (Phi) is 6.59. The van der Waals surface area contributed by atoms with Gasteiger partial charge < -0.3 is 20.7 Å². The molecule has 0 aromatic heterocycles. The number of anilines is 1. The number of para-hydroxylation sites is 1. The summed E-state index contributed by atoms with van der Waals surface area (Å²) in [6, 6.07) is 5.75. The Labute approximate surface area is 222 Å². The minimum Gasteiger partial charge on any atom is -0.381 e. The summed E-state index contributed by atoms with van der Waals surface area (Å²) < 4.78 is 99.1. The summed E-state index contributed by atoms with van der Waals surface area (Å²) in [5.41, 5.74) is 2.19. The quantitative estimate of drug-likeness (QED) is 0.505. The molecular formula is C26H22F7N3O4. The number of rotatable bonds is 6. The number of halogens is 7. The van der Waals surface area contributed by atoms with Crippen LogP contribution < -0.4 is 11.1 Å². The number of ether oxygens (including phenoxy) is 1. The number of nitrogens with one attached hydrogen (secondary N) is 1. The van der Waals surface area contributed by atoms with Gasteiger partial charge in [0.25, 0.3) is 5.91 Å². The standard InChI is InChI=1S/C26H22F7N3O4/c27-17-7-13(25(28,29)30)5-6-15(17)20(12-10-40-11-12)24-9-14(24)8-19(21(34)37)36(24)22(38)16-3-1-2-4-18(16)35-23(39)26(31,32)33/h1-7,12,14,19-20H,8-11H2,(H2,34,37)(H,35,39)/t14?,19?,20-,24?/m1/s1. The molecule has 2 aliphatic heterocycles. The van der Waals surface area contributed by atoms with Crippen molar-refractivity contribution in [3.05, 3.63) is 65.0 Å². The van der Waals surface area contributed by atoms with Gasteiger partial charge in [0, 0.05) is 11.8 Å². The molecule has 14 heteroatoms. The number of likely N-dealkylation sites (tertiary alicyclic amines) is 1. The summed E-state index contributed by atoms with van der Waals surface area (Å²) in [7, 11) is 0. The Morgan fingerprint density at radius 1 is 1.05 bits per heavy atom. The number of primary amides is 1. The second kappa shape index (κ2) is 9.46. The van der Waals surface area contributed by atoms with Crippen molar-refractivity contribution in [2.24, 2.45) is 17.6 Å². The van der Waals surface area contributed by atoms with Crippen LogP contribution >= 0.6 is 0 Å². The number of piperidine rings is 1. The molecule has 2 aromatic rings. The van der Waals surface area contributed by atoms with Crippen molar-refractivity contribution in [3.8, 4) is 0 Å². The zero-order valence-corrected chi connectivity index (χ0v) is 20.5. The lowest BCUT2D eigenvalue weighted by atomic mass is 9.76. The van der Waals surface area contributed by atoms with Crippen LogP contribution in [0.15, 0.2) is 42.5 Å². The minimum absolute atomic E-state index is 0.0739. The highest BCUT2D eigenvalue weighted by molar-refractivity contribution is 6.06. The number of carbonyl (C=O) groups is 3. The van der Waals surface area contributed by atoms with E-state index in [2.05, 4.69) is 0 Å². The van der Waals surface area contributed by atoms with Crippen LogP contribution in [0.3, 0.4) is 0 Å². The van der Waals surface area contributed by atoms with E-state index in [-0.39, 0.29) is 37.2 Å². The highest BCUT2D eigenvalue weighted by Gasteiger charge is 2.72. The van der Waals surface area contributed by atoms with Crippen LogP contribution in [0.25, 0.3) is 0 Å². The number of alkyl halides is 6. The van der Waals surface area contributed by atoms with E-state index in [1.165, 1.54) is 12.1 Å². The number of amides is 3. The summed E-state index contributed by atoms with van der Waals surface area (Å²) in [4.78, 5) is 39.2. The van der Waals surface area contributed by atoms with Gasteiger partial charge in [0.05, 0.1) is 35.6 Å². The molecule has 40 heavy (non-hydrogen) atoms. The zero-order chi connectivity index (χ0) is 29.2. The first-order valence-electron chi connectivity index (χ1n) is 12.2. The molecular weight excluding hydrogens is 551 g/mol. The van der Waals surface area contributed by atoms with Crippen LogP contribution in [0.2, 0.25) is 0 Å². The average Bonchev–Trinajstić information content (AvgIpc) is 3.44. The molecule has 214 valence electrons. The van der Waals surface area contributed by atoms with E-state index in [9.17, 15) is 40.7 Å². The molecule has 5 rings (SSSR count). The molecule has 2 heterocycles. The predicted octanol–water partition coefficient (Wildman–Crippen LogP) is 4.23. The molecule has 0 radical (unpaired) electrons. The molecule has 3 fully saturated rings. The van der Waals surface area contributed by atoms with Crippen LogP contribution in [0.1, 0.15) is 40.2 Å². The van der Waals surface area contributed by atoms with E-state index in [0.29, 0.717) is 6.07 Å². The molecule has 1 saturated carbocycles. The Hall–Kier alpha value is -3.68. The summed E-state index contributed by atoms with van der Waals surface area (Å²) >= 11 is 0. The fourth-order valence-electron chi connectivity index (χ4n) is 6.12. The van der Waals surface area contributed by atoms with Crippen molar-refractivity contribution in [1.82, 2.24) is 4.90 Å². The Bertz CT molecular complexity index is 1370. The highest BCUT2D eigenvalue weighted by Crippen LogP contribution is 2.67. The van der Waals surface area contributed by atoms with Crippen LogP contribution in [0.5, 0.6) is 0 Å². The molecule has 0 bridgehead atoms. The van der Waals surface area contributed by atoms with E-state index < -0.39 is 76.5 Å². The van der Waals surface area contributed by atoms with Gasteiger partial charge in [-0.2, -0.15) is 26.3 Å². The van der Waals surface area contributed by atoms with Crippen LogP contribution in [-0.4, -0.2) is 53.6 Å². The van der Waals surface area contributed by atoms with E-state index in [4.69, 9.17) is 10.5 Å². The maximum atomic E-state index is 15.3. The van der Waals surface area contributed by atoms with Crippen molar-refractivity contribution in [3.63, 3.8) is 0 Å². The minimum atomic E-state index is -5.25. The Morgan fingerprint density at radius 3 is 2.27 bits per heavy atom. The number of hydrogen-bond acceptors (Lipinski definition) is 4. The molecule has 1 aliphatic carbocycles.